The van der Waals surface area contributed by atoms with Crippen LogP contribution in [0.3, 0.4) is 0 Å². The van der Waals surface area contributed by atoms with E-state index in [1.54, 1.807) is 6.07 Å². The lowest BCUT2D eigenvalue weighted by molar-refractivity contribution is -0.274. The third kappa shape index (κ3) is 5.06. The summed E-state index contributed by atoms with van der Waals surface area (Å²) < 4.78 is 40.8. The maximum absolute atomic E-state index is 12.3. The van der Waals surface area contributed by atoms with Crippen LogP contribution in [0.25, 0.3) is 0 Å². The minimum Gasteiger partial charge on any atom is -0.405 e. The van der Waals surface area contributed by atoms with Crippen molar-refractivity contribution in [2.24, 2.45) is 11.7 Å². The van der Waals surface area contributed by atoms with Crippen LogP contribution in [0.1, 0.15) is 24.8 Å². The van der Waals surface area contributed by atoms with Gasteiger partial charge in [0, 0.05) is 18.2 Å². The standard InChI is InChI=1S/C14H17F3N2O2.ClH/c15-14(16,17)21-12-7-2-1-4-9(12)8-19-13(20)10-5-3-6-11(10)18;/h1-2,4,7,10-11H,3,5-6,8,18H2,(H,19,20);1H. The largest absolute Gasteiger partial charge is 0.573 e. The van der Waals surface area contributed by atoms with E-state index in [2.05, 4.69) is 10.1 Å². The first-order valence-corrected chi connectivity index (χ1v) is 6.74. The number of halogens is 4. The zero-order valence-electron chi connectivity index (χ0n) is 11.7. The summed E-state index contributed by atoms with van der Waals surface area (Å²) in [5.41, 5.74) is 6.10. The van der Waals surface area contributed by atoms with Crippen molar-refractivity contribution in [3.05, 3.63) is 29.8 Å². The second-order valence-corrected chi connectivity index (χ2v) is 5.07. The summed E-state index contributed by atoms with van der Waals surface area (Å²) in [5, 5.41) is 2.63. The third-order valence-corrected chi connectivity index (χ3v) is 3.56. The molecule has 22 heavy (non-hydrogen) atoms. The molecule has 1 aromatic rings. The molecule has 0 radical (unpaired) electrons. The molecule has 2 rings (SSSR count). The van der Waals surface area contributed by atoms with Gasteiger partial charge in [0.05, 0.1) is 5.92 Å². The van der Waals surface area contributed by atoms with Crippen LogP contribution in [0.2, 0.25) is 0 Å². The molecule has 124 valence electrons. The van der Waals surface area contributed by atoms with Crippen molar-refractivity contribution < 1.29 is 22.7 Å². The fraction of sp³-hybridized carbons (Fsp3) is 0.500. The zero-order chi connectivity index (χ0) is 15.5. The van der Waals surface area contributed by atoms with E-state index in [1.165, 1.54) is 18.2 Å². The van der Waals surface area contributed by atoms with Gasteiger partial charge in [-0.15, -0.1) is 25.6 Å². The van der Waals surface area contributed by atoms with Gasteiger partial charge in [0.1, 0.15) is 5.75 Å². The summed E-state index contributed by atoms with van der Waals surface area (Å²) in [7, 11) is 0. The Morgan fingerprint density at radius 1 is 1.32 bits per heavy atom. The van der Waals surface area contributed by atoms with Gasteiger partial charge in [-0.3, -0.25) is 4.79 Å². The van der Waals surface area contributed by atoms with Gasteiger partial charge >= 0.3 is 6.36 Å². The van der Waals surface area contributed by atoms with E-state index in [0.717, 1.165) is 12.8 Å². The molecule has 0 heterocycles. The Bertz CT molecular complexity index is 511. The summed E-state index contributed by atoms with van der Waals surface area (Å²) in [6.45, 7) is -0.0195. The quantitative estimate of drug-likeness (QED) is 0.887. The van der Waals surface area contributed by atoms with Crippen molar-refractivity contribution in [2.75, 3.05) is 0 Å². The number of hydrogen-bond acceptors (Lipinski definition) is 3. The molecule has 1 aliphatic rings. The van der Waals surface area contributed by atoms with Gasteiger partial charge in [-0.1, -0.05) is 24.6 Å². The highest BCUT2D eigenvalue weighted by molar-refractivity contribution is 5.85. The number of alkyl halides is 3. The van der Waals surface area contributed by atoms with Crippen LogP contribution >= 0.6 is 12.4 Å². The molecular weight excluding hydrogens is 321 g/mol. The van der Waals surface area contributed by atoms with E-state index in [9.17, 15) is 18.0 Å². The first-order valence-electron chi connectivity index (χ1n) is 6.74. The summed E-state index contributed by atoms with van der Waals surface area (Å²) in [6.07, 6.45) is -2.35. The number of rotatable bonds is 4. The number of para-hydroxylation sites is 1. The van der Waals surface area contributed by atoms with Crippen LogP contribution in [0.5, 0.6) is 5.75 Å². The van der Waals surface area contributed by atoms with Crippen LogP contribution in [-0.2, 0) is 11.3 Å². The maximum Gasteiger partial charge on any atom is 0.573 e. The topological polar surface area (TPSA) is 64.4 Å². The van der Waals surface area contributed by atoms with Gasteiger partial charge < -0.3 is 15.8 Å². The SMILES string of the molecule is Cl.NC1CCCC1C(=O)NCc1ccccc1OC(F)(F)F. The van der Waals surface area contributed by atoms with Gasteiger partial charge in [-0.25, -0.2) is 0 Å². The third-order valence-electron chi connectivity index (χ3n) is 3.56. The van der Waals surface area contributed by atoms with Gasteiger partial charge in [-0.2, -0.15) is 0 Å². The number of benzene rings is 1. The van der Waals surface area contributed by atoms with Crippen molar-refractivity contribution in [3.63, 3.8) is 0 Å². The molecule has 0 aliphatic heterocycles. The summed E-state index contributed by atoms with van der Waals surface area (Å²) in [6, 6.07) is 5.56. The highest BCUT2D eigenvalue weighted by Gasteiger charge is 2.32. The maximum atomic E-state index is 12.3. The number of ether oxygens (including phenoxy) is 1. The molecule has 1 aliphatic carbocycles. The average Bonchev–Trinajstić information content (AvgIpc) is 2.82. The van der Waals surface area contributed by atoms with E-state index in [-0.39, 0.29) is 48.1 Å². The smallest absolute Gasteiger partial charge is 0.405 e. The van der Waals surface area contributed by atoms with Crippen LogP contribution < -0.4 is 15.8 Å². The lowest BCUT2D eigenvalue weighted by Gasteiger charge is -2.17. The summed E-state index contributed by atoms with van der Waals surface area (Å²) in [5.74, 6) is -0.788. The van der Waals surface area contributed by atoms with Gasteiger partial charge in [0.25, 0.3) is 0 Å². The Hall–Kier alpha value is -1.47. The number of nitrogens with one attached hydrogen (secondary N) is 1. The molecular formula is C14H18ClF3N2O2. The van der Waals surface area contributed by atoms with Crippen molar-refractivity contribution >= 4 is 18.3 Å². The molecule has 1 saturated carbocycles. The molecule has 2 atom stereocenters. The fourth-order valence-corrected chi connectivity index (χ4v) is 2.50. The van der Waals surface area contributed by atoms with Gasteiger partial charge in [0.15, 0.2) is 0 Å². The Morgan fingerprint density at radius 3 is 2.59 bits per heavy atom. The molecule has 8 heteroatoms. The molecule has 0 saturated heterocycles. The van der Waals surface area contributed by atoms with E-state index in [1.807, 2.05) is 0 Å². The molecule has 0 aromatic heterocycles. The summed E-state index contributed by atoms with van der Waals surface area (Å²) >= 11 is 0. The minimum atomic E-state index is -4.76. The van der Waals surface area contributed by atoms with Gasteiger partial charge in [0.2, 0.25) is 5.91 Å². The van der Waals surface area contributed by atoms with E-state index < -0.39 is 6.36 Å². The van der Waals surface area contributed by atoms with Crippen LogP contribution in [-0.4, -0.2) is 18.3 Å². The number of nitrogens with two attached hydrogens (primary N) is 1. The average molecular weight is 339 g/mol. The molecule has 1 aromatic carbocycles. The first-order chi connectivity index (χ1) is 9.87. The molecule has 2 unspecified atom stereocenters. The first kappa shape index (κ1) is 18.6. The monoisotopic (exact) mass is 338 g/mol. The number of carbonyl (C=O) groups excluding carboxylic acids is 1. The number of hydrogen-bond donors (Lipinski definition) is 2. The number of carbonyl (C=O) groups is 1. The van der Waals surface area contributed by atoms with Crippen molar-refractivity contribution in [3.8, 4) is 5.75 Å². The molecule has 0 spiro atoms. The predicted molar refractivity (Wildman–Crippen MR) is 77.5 cm³/mol. The van der Waals surface area contributed by atoms with Gasteiger partial charge in [-0.05, 0) is 18.9 Å². The molecule has 1 amide bonds. The normalized spacial score (nSPS) is 21.1. The van der Waals surface area contributed by atoms with Crippen molar-refractivity contribution in [2.45, 2.75) is 38.2 Å². The van der Waals surface area contributed by atoms with E-state index >= 15 is 0 Å². The Kier molecular flexibility index (Phi) is 6.49. The molecule has 3 N–H and O–H groups in total. The minimum absolute atomic E-state index is 0. The second kappa shape index (κ2) is 7.69. The zero-order valence-corrected chi connectivity index (χ0v) is 12.5. The highest BCUT2D eigenvalue weighted by atomic mass is 35.5. The second-order valence-electron chi connectivity index (χ2n) is 5.07. The molecule has 0 bridgehead atoms. The molecule has 4 nitrogen and oxygen atoms in total. The molecule has 1 fully saturated rings. The highest BCUT2D eigenvalue weighted by Crippen LogP contribution is 2.27. The fourth-order valence-electron chi connectivity index (χ4n) is 2.50. The van der Waals surface area contributed by atoms with E-state index in [4.69, 9.17) is 5.73 Å². The predicted octanol–water partition coefficient (Wildman–Crippen LogP) is 2.75. The number of amides is 1. The van der Waals surface area contributed by atoms with Crippen molar-refractivity contribution in [1.82, 2.24) is 5.32 Å². The van der Waals surface area contributed by atoms with Crippen LogP contribution in [0.15, 0.2) is 24.3 Å². The van der Waals surface area contributed by atoms with Crippen molar-refractivity contribution in [1.29, 1.82) is 0 Å². The lowest BCUT2D eigenvalue weighted by atomic mass is 10.0. The van der Waals surface area contributed by atoms with Crippen LogP contribution in [0, 0.1) is 5.92 Å². The van der Waals surface area contributed by atoms with Crippen LogP contribution in [0.4, 0.5) is 13.2 Å². The lowest BCUT2D eigenvalue weighted by Crippen LogP contribution is -2.38. The summed E-state index contributed by atoms with van der Waals surface area (Å²) in [4.78, 5) is 12.0. The van der Waals surface area contributed by atoms with E-state index in [0.29, 0.717) is 6.42 Å². The Labute approximate surface area is 132 Å². The Balaban J connectivity index is 0.00000242. The Morgan fingerprint density at radius 2 is 2.00 bits per heavy atom.